The molecule has 2 aliphatic rings. The number of nitrogens with two attached hydrogens (primary N) is 2. The summed E-state index contributed by atoms with van der Waals surface area (Å²) in [7, 11) is 0. The minimum Gasteiger partial charge on any atom is -0.875 e. The number of aliphatic imine (C=N–C) groups is 1. The van der Waals surface area contributed by atoms with E-state index in [4.69, 9.17) is 16.2 Å². The van der Waals surface area contributed by atoms with Gasteiger partial charge in [0, 0.05) is 36.1 Å². The van der Waals surface area contributed by atoms with Crippen molar-refractivity contribution in [1.82, 2.24) is 0 Å². The minimum absolute atomic E-state index is 0.0240. The van der Waals surface area contributed by atoms with Crippen molar-refractivity contribution < 1.29 is 24.9 Å². The van der Waals surface area contributed by atoms with E-state index in [-0.39, 0.29) is 36.1 Å². The van der Waals surface area contributed by atoms with Gasteiger partial charge in [-0.1, -0.05) is 94.2 Å². The van der Waals surface area contributed by atoms with Gasteiger partial charge in [-0.2, -0.15) is 0 Å². The summed E-state index contributed by atoms with van der Waals surface area (Å²) in [4.78, 5) is 16.9. The maximum Gasteiger partial charge on any atom is 0.161 e. The average Bonchev–Trinajstić information content (AvgIpc) is 3.63. The van der Waals surface area contributed by atoms with Crippen LogP contribution in [0.15, 0.2) is 95.3 Å². The van der Waals surface area contributed by atoms with E-state index in [9.17, 15) is 20.1 Å². The van der Waals surface area contributed by atoms with Crippen molar-refractivity contribution in [2.75, 3.05) is 6.61 Å². The maximum absolute atomic E-state index is 13.7. The van der Waals surface area contributed by atoms with Gasteiger partial charge in [0.25, 0.3) is 0 Å². The van der Waals surface area contributed by atoms with Crippen molar-refractivity contribution in [1.29, 1.82) is 0 Å². The molecule has 0 fully saturated rings. The summed E-state index contributed by atoms with van der Waals surface area (Å²) in [5.41, 5.74) is 17.7. The predicted octanol–water partition coefficient (Wildman–Crippen LogP) is 7.94. The molecular formula is C46H54N3O5-. The first-order valence-corrected chi connectivity index (χ1v) is 19.4. The van der Waals surface area contributed by atoms with Crippen LogP contribution in [0.3, 0.4) is 0 Å². The van der Waals surface area contributed by atoms with Crippen LogP contribution in [0.4, 0.5) is 0 Å². The zero-order valence-corrected chi connectivity index (χ0v) is 31.7. The van der Waals surface area contributed by atoms with Crippen LogP contribution >= 0.6 is 0 Å². The summed E-state index contributed by atoms with van der Waals surface area (Å²) in [6, 6.07) is 16.1. The SMILES string of the molecule is CCCCCC(C)CCCC=CC(=O)CCc1ccc(O)c(OCCc2ccc(O)c(C3CC([O-])=C4C=CN=C4CC#Cc4cc(C(N)N)ccc43)c2)c1. The fraction of sp³-hybridized carbons (Fsp3) is 0.391. The number of benzene rings is 3. The van der Waals surface area contributed by atoms with Crippen LogP contribution < -0.4 is 21.3 Å². The standard InChI is InChI=1S/C46H55N3O5/c1-3-4-6-10-31(2)11-7-5-8-13-36(50)19-15-32-17-22-43(52)45(28-32)54-26-24-33-16-21-42(51)40(27-33)39-30-44(53)38-23-25-49-41(38)14-9-12-34-29-35(46(47)48)18-20-37(34)39/h8,13,16-18,20-23,25,27-29,31,39,46,51-53H,3-7,10-11,14-15,19,24,26,30,47-48H2,1-2H3/p-1. The van der Waals surface area contributed by atoms with Gasteiger partial charge in [0.05, 0.1) is 24.9 Å². The molecule has 1 heterocycles. The lowest BCUT2D eigenvalue weighted by Gasteiger charge is -2.27. The van der Waals surface area contributed by atoms with E-state index >= 15 is 0 Å². The number of fused-ring (bicyclic) bond motifs is 2. The lowest BCUT2D eigenvalue weighted by atomic mass is 9.82. The number of nitrogens with zero attached hydrogens (tertiary/aromatic N) is 1. The van der Waals surface area contributed by atoms with E-state index in [1.54, 1.807) is 36.6 Å². The van der Waals surface area contributed by atoms with Crippen molar-refractivity contribution in [3.8, 4) is 29.1 Å². The Morgan fingerprint density at radius 1 is 1.00 bits per heavy atom. The number of ether oxygens (including phenoxy) is 1. The molecule has 8 nitrogen and oxygen atoms in total. The lowest BCUT2D eigenvalue weighted by Crippen LogP contribution is -2.21. The number of aryl methyl sites for hydroxylation is 1. The first-order chi connectivity index (χ1) is 26.1. The van der Waals surface area contributed by atoms with Gasteiger partial charge >= 0.3 is 0 Å². The number of allylic oxidation sites excluding steroid dienone is 5. The Kier molecular flexibility index (Phi) is 14.7. The smallest absolute Gasteiger partial charge is 0.161 e. The number of rotatable bonds is 18. The summed E-state index contributed by atoms with van der Waals surface area (Å²) in [6.07, 6.45) is 16.6. The van der Waals surface area contributed by atoms with Gasteiger partial charge in [0.1, 0.15) is 5.75 Å². The summed E-state index contributed by atoms with van der Waals surface area (Å²) < 4.78 is 6.04. The van der Waals surface area contributed by atoms with E-state index in [2.05, 4.69) is 30.7 Å². The van der Waals surface area contributed by atoms with E-state index in [0.717, 1.165) is 35.4 Å². The Morgan fingerprint density at radius 2 is 1.78 bits per heavy atom. The third-order valence-electron chi connectivity index (χ3n) is 10.3. The van der Waals surface area contributed by atoms with Gasteiger partial charge < -0.3 is 31.5 Å². The molecule has 0 radical (unpaired) electrons. The molecule has 1 aliphatic heterocycles. The van der Waals surface area contributed by atoms with Crippen LogP contribution in [-0.2, 0) is 17.6 Å². The highest BCUT2D eigenvalue weighted by Gasteiger charge is 2.24. The quantitative estimate of drug-likeness (QED) is 0.0449. The van der Waals surface area contributed by atoms with Gasteiger partial charge in [-0.25, -0.2) is 0 Å². The Labute approximate surface area is 320 Å². The van der Waals surface area contributed by atoms with Crippen molar-refractivity contribution in [3.63, 3.8) is 0 Å². The van der Waals surface area contributed by atoms with Gasteiger partial charge in [-0.15, -0.1) is 5.76 Å². The minimum atomic E-state index is -0.689. The lowest BCUT2D eigenvalue weighted by molar-refractivity contribution is -0.307. The number of unbranched alkanes of at least 4 members (excludes halogenated alkanes) is 3. The zero-order chi connectivity index (χ0) is 38.5. The molecule has 0 amide bonds. The molecule has 2 atom stereocenters. The molecule has 284 valence electrons. The van der Waals surface area contributed by atoms with E-state index in [1.165, 1.54) is 32.1 Å². The number of phenols is 2. The van der Waals surface area contributed by atoms with Gasteiger partial charge in [0.2, 0.25) is 0 Å². The fourth-order valence-corrected chi connectivity index (χ4v) is 7.05. The average molecular weight is 729 g/mol. The Morgan fingerprint density at radius 3 is 2.57 bits per heavy atom. The molecule has 3 aromatic rings. The van der Waals surface area contributed by atoms with Crippen LogP contribution in [0.1, 0.15) is 124 Å². The second-order valence-electron chi connectivity index (χ2n) is 14.5. The number of ketones is 1. The highest BCUT2D eigenvalue weighted by molar-refractivity contribution is 6.06. The highest BCUT2D eigenvalue weighted by atomic mass is 16.5. The maximum atomic E-state index is 13.7. The molecule has 5 rings (SSSR count). The van der Waals surface area contributed by atoms with E-state index in [0.29, 0.717) is 59.4 Å². The molecule has 0 spiro atoms. The second kappa shape index (κ2) is 19.8. The topological polar surface area (TPSA) is 154 Å². The van der Waals surface area contributed by atoms with Gasteiger partial charge in [-0.05, 0) is 95.8 Å². The van der Waals surface area contributed by atoms with Crippen molar-refractivity contribution in [3.05, 3.63) is 124 Å². The molecule has 1 aliphatic carbocycles. The fourth-order valence-electron chi connectivity index (χ4n) is 7.05. The molecule has 3 aromatic carbocycles. The first-order valence-electron chi connectivity index (χ1n) is 19.4. The zero-order valence-electron chi connectivity index (χ0n) is 31.7. The number of hydrogen-bond acceptors (Lipinski definition) is 8. The number of hydrogen-bond donors (Lipinski definition) is 4. The monoisotopic (exact) mass is 728 g/mol. The van der Waals surface area contributed by atoms with Crippen LogP contribution in [0, 0.1) is 17.8 Å². The van der Waals surface area contributed by atoms with Gasteiger partial charge in [-0.3, -0.25) is 9.79 Å². The van der Waals surface area contributed by atoms with Crippen molar-refractivity contribution in [2.24, 2.45) is 22.4 Å². The van der Waals surface area contributed by atoms with Crippen LogP contribution in [0.25, 0.3) is 0 Å². The Hall–Kier alpha value is -5.10. The molecule has 2 unspecified atom stereocenters. The Bertz CT molecular complexity index is 1960. The molecule has 0 aromatic heterocycles. The summed E-state index contributed by atoms with van der Waals surface area (Å²) in [5.74, 6) is 7.08. The molecule has 0 bridgehead atoms. The summed E-state index contributed by atoms with van der Waals surface area (Å²) in [6.45, 7) is 4.80. The molecule has 54 heavy (non-hydrogen) atoms. The third-order valence-corrected chi connectivity index (χ3v) is 10.3. The Balaban J connectivity index is 1.22. The van der Waals surface area contributed by atoms with Gasteiger partial charge in [0.15, 0.2) is 17.3 Å². The van der Waals surface area contributed by atoms with E-state index < -0.39 is 12.1 Å². The third kappa shape index (κ3) is 11.2. The largest absolute Gasteiger partial charge is 0.875 e. The number of carbonyl (C=O) groups is 1. The highest BCUT2D eigenvalue weighted by Crippen LogP contribution is 2.39. The normalized spacial score (nSPS) is 15.8. The molecule has 6 N–H and O–H groups in total. The molecule has 8 heteroatoms. The second-order valence-corrected chi connectivity index (χ2v) is 14.5. The number of carbonyl (C=O) groups excluding carboxylic acids is 1. The summed E-state index contributed by atoms with van der Waals surface area (Å²) >= 11 is 0. The molecular weight excluding hydrogens is 675 g/mol. The van der Waals surface area contributed by atoms with Crippen LogP contribution in [-0.4, -0.2) is 28.3 Å². The van der Waals surface area contributed by atoms with Crippen molar-refractivity contribution in [2.45, 2.75) is 103 Å². The molecule has 0 saturated heterocycles. The molecule has 0 saturated carbocycles. The summed E-state index contributed by atoms with van der Waals surface area (Å²) in [5, 5.41) is 35.4. The number of aromatic hydroxyl groups is 2. The van der Waals surface area contributed by atoms with Crippen molar-refractivity contribution >= 4 is 11.5 Å². The first kappa shape index (κ1) is 40.1. The number of phenolic OH excluding ortho intramolecular Hbond substituents is 2. The predicted molar refractivity (Wildman–Crippen MR) is 214 cm³/mol. The van der Waals surface area contributed by atoms with Crippen LogP contribution in [0.2, 0.25) is 0 Å². The van der Waals surface area contributed by atoms with E-state index in [1.807, 2.05) is 42.5 Å². The van der Waals surface area contributed by atoms with Crippen LogP contribution in [0.5, 0.6) is 17.2 Å².